The van der Waals surface area contributed by atoms with E-state index in [0.29, 0.717) is 30.6 Å². The zero-order valence-corrected chi connectivity index (χ0v) is 15.8. The second-order valence-corrected chi connectivity index (χ2v) is 7.19. The van der Waals surface area contributed by atoms with Crippen LogP contribution in [0.5, 0.6) is 0 Å². The van der Waals surface area contributed by atoms with Gasteiger partial charge in [0.1, 0.15) is 12.1 Å². The maximum absolute atomic E-state index is 14.5. The van der Waals surface area contributed by atoms with Crippen molar-refractivity contribution in [2.75, 3.05) is 0 Å². The molecule has 0 unspecified atom stereocenters. The third-order valence-electron chi connectivity index (χ3n) is 5.28. The van der Waals surface area contributed by atoms with Crippen molar-refractivity contribution in [2.45, 2.75) is 19.5 Å². The molecule has 0 bridgehead atoms. The number of benzene rings is 2. The van der Waals surface area contributed by atoms with E-state index in [9.17, 15) is 14.0 Å². The molecule has 0 atom stereocenters. The molecule has 1 amide bonds. The maximum Gasteiger partial charge on any atom is 0.272 e. The largest absolute Gasteiger partial charge is 0.328 e. The lowest BCUT2D eigenvalue weighted by Crippen LogP contribution is -2.26. The molecule has 1 aliphatic heterocycles. The topological polar surface area (TPSA) is 91.8 Å². The van der Waals surface area contributed by atoms with Gasteiger partial charge in [-0.25, -0.2) is 19.5 Å². The van der Waals surface area contributed by atoms with Gasteiger partial charge in [-0.05, 0) is 23.8 Å². The Bertz CT molecular complexity index is 1330. The van der Waals surface area contributed by atoms with Crippen LogP contribution in [0.4, 0.5) is 4.39 Å². The number of carbonyl (C=O) groups excluding carboxylic acids is 1. The summed E-state index contributed by atoms with van der Waals surface area (Å²) in [4.78, 5) is 34.7. The van der Waals surface area contributed by atoms with Crippen molar-refractivity contribution < 1.29 is 9.18 Å². The quantitative estimate of drug-likeness (QED) is 0.570. The Labute approximate surface area is 170 Å². The minimum Gasteiger partial charge on any atom is -0.328 e. The molecule has 2 aromatic heterocycles. The number of fused-ring (bicyclic) bond motifs is 2. The fourth-order valence-electron chi connectivity index (χ4n) is 3.76. The van der Waals surface area contributed by atoms with E-state index < -0.39 is 11.7 Å². The molecule has 0 radical (unpaired) electrons. The fourth-order valence-corrected chi connectivity index (χ4v) is 3.76. The van der Waals surface area contributed by atoms with Gasteiger partial charge in [0.05, 0.1) is 28.9 Å². The van der Waals surface area contributed by atoms with Crippen LogP contribution in [0.25, 0.3) is 10.8 Å². The summed E-state index contributed by atoms with van der Waals surface area (Å²) < 4.78 is 14.5. The van der Waals surface area contributed by atoms with Gasteiger partial charge < -0.3 is 4.90 Å². The Morgan fingerprint density at radius 2 is 1.97 bits per heavy atom. The van der Waals surface area contributed by atoms with Crippen molar-refractivity contribution in [2.24, 2.45) is 0 Å². The van der Waals surface area contributed by atoms with Gasteiger partial charge in [0.25, 0.3) is 11.5 Å². The summed E-state index contributed by atoms with van der Waals surface area (Å²) in [6.07, 6.45) is 3.47. The second kappa shape index (κ2) is 7.14. The summed E-state index contributed by atoms with van der Waals surface area (Å²) in [6.45, 7) is 0.678. The zero-order valence-electron chi connectivity index (χ0n) is 15.8. The van der Waals surface area contributed by atoms with Crippen molar-refractivity contribution in [1.29, 1.82) is 0 Å². The predicted octanol–water partition coefficient (Wildman–Crippen LogP) is 2.60. The molecule has 30 heavy (non-hydrogen) atoms. The minimum absolute atomic E-state index is 0.00185. The van der Waals surface area contributed by atoms with Gasteiger partial charge in [0.15, 0.2) is 0 Å². The Morgan fingerprint density at radius 3 is 2.80 bits per heavy atom. The minimum atomic E-state index is -0.579. The van der Waals surface area contributed by atoms with Gasteiger partial charge in [-0.15, -0.1) is 0 Å². The van der Waals surface area contributed by atoms with Gasteiger partial charge in [0, 0.05) is 30.1 Å². The predicted molar refractivity (Wildman–Crippen MR) is 107 cm³/mol. The molecule has 0 aliphatic carbocycles. The van der Waals surface area contributed by atoms with Crippen molar-refractivity contribution in [3.63, 3.8) is 0 Å². The summed E-state index contributed by atoms with van der Waals surface area (Å²) >= 11 is 0. The highest BCUT2D eigenvalue weighted by Gasteiger charge is 2.27. The first-order valence-electron chi connectivity index (χ1n) is 9.42. The molecule has 8 heteroatoms. The summed E-state index contributed by atoms with van der Waals surface area (Å²) in [5.74, 6) is -0.975. The van der Waals surface area contributed by atoms with E-state index in [2.05, 4.69) is 20.2 Å². The molecular weight excluding hydrogens is 385 g/mol. The second-order valence-electron chi connectivity index (χ2n) is 7.19. The summed E-state index contributed by atoms with van der Waals surface area (Å²) in [5, 5.41) is 7.93. The van der Waals surface area contributed by atoms with Crippen molar-refractivity contribution in [3.05, 3.63) is 99.2 Å². The molecule has 0 fully saturated rings. The van der Waals surface area contributed by atoms with Gasteiger partial charge in [-0.3, -0.25) is 9.59 Å². The van der Waals surface area contributed by atoms with Gasteiger partial charge in [-0.1, -0.05) is 24.3 Å². The van der Waals surface area contributed by atoms with Crippen LogP contribution < -0.4 is 5.56 Å². The normalized spacial score (nSPS) is 12.9. The highest BCUT2D eigenvalue weighted by Crippen LogP contribution is 2.24. The van der Waals surface area contributed by atoms with Crippen LogP contribution in [0, 0.1) is 5.82 Å². The van der Waals surface area contributed by atoms with Gasteiger partial charge in [0.2, 0.25) is 0 Å². The molecule has 2 aromatic carbocycles. The van der Waals surface area contributed by atoms with Crippen molar-refractivity contribution in [3.8, 4) is 0 Å². The molecule has 0 saturated heterocycles. The average Bonchev–Trinajstić information content (AvgIpc) is 3.21. The molecule has 1 aliphatic rings. The summed E-state index contributed by atoms with van der Waals surface area (Å²) in [6, 6.07) is 11.6. The van der Waals surface area contributed by atoms with E-state index in [1.807, 2.05) is 12.1 Å². The van der Waals surface area contributed by atoms with Crippen molar-refractivity contribution in [1.82, 2.24) is 25.1 Å². The first kappa shape index (κ1) is 18.1. The van der Waals surface area contributed by atoms with Crippen LogP contribution in [0.1, 0.15) is 32.9 Å². The van der Waals surface area contributed by atoms with Crippen LogP contribution in [0.2, 0.25) is 0 Å². The Hall–Kier alpha value is -3.94. The van der Waals surface area contributed by atoms with E-state index in [4.69, 9.17) is 0 Å². The van der Waals surface area contributed by atoms with Crippen LogP contribution >= 0.6 is 0 Å². The number of rotatable bonds is 3. The van der Waals surface area contributed by atoms with Crippen LogP contribution in [-0.2, 0) is 19.5 Å². The van der Waals surface area contributed by atoms with E-state index in [0.717, 1.165) is 22.2 Å². The number of aromatic nitrogens is 4. The molecule has 3 heterocycles. The number of halogens is 1. The number of nitrogens with zero attached hydrogens (tertiary/aromatic N) is 4. The lowest BCUT2D eigenvalue weighted by Gasteiger charge is -2.16. The smallest absolute Gasteiger partial charge is 0.272 e. The molecule has 0 spiro atoms. The first-order chi connectivity index (χ1) is 14.6. The van der Waals surface area contributed by atoms with Gasteiger partial charge in [-0.2, -0.15) is 5.10 Å². The number of hydrogen-bond donors (Lipinski definition) is 1. The third kappa shape index (κ3) is 3.12. The molecule has 5 rings (SSSR count). The van der Waals surface area contributed by atoms with E-state index in [1.54, 1.807) is 35.4 Å². The SMILES string of the molecule is O=C(c1cc(Cc2n[nH]c(=O)c3ccccc23)ccc1F)N1Cc2cncnc2C1. The number of H-pyrrole nitrogens is 1. The molecular formula is C22H16FN5O2. The number of amides is 1. The Kier molecular flexibility index (Phi) is 4.31. The molecule has 148 valence electrons. The number of nitrogens with one attached hydrogen (secondary N) is 1. The maximum atomic E-state index is 14.5. The summed E-state index contributed by atoms with van der Waals surface area (Å²) in [7, 11) is 0. The first-order valence-corrected chi connectivity index (χ1v) is 9.42. The van der Waals surface area contributed by atoms with Gasteiger partial charge >= 0.3 is 0 Å². The molecule has 1 N–H and O–H groups in total. The number of carbonyl (C=O) groups is 1. The van der Waals surface area contributed by atoms with E-state index in [-0.39, 0.29) is 11.1 Å². The lowest BCUT2D eigenvalue weighted by molar-refractivity contribution is 0.0745. The Morgan fingerprint density at radius 1 is 1.13 bits per heavy atom. The van der Waals surface area contributed by atoms with E-state index >= 15 is 0 Å². The van der Waals surface area contributed by atoms with Crippen LogP contribution in [0.3, 0.4) is 0 Å². The number of aromatic amines is 1. The lowest BCUT2D eigenvalue weighted by atomic mass is 10.0. The zero-order chi connectivity index (χ0) is 20.7. The third-order valence-corrected chi connectivity index (χ3v) is 5.28. The standard InChI is InChI=1S/C22H16FN5O2/c23-18-6-5-13(8-19-15-3-1-2-4-16(15)21(29)27-26-19)7-17(18)22(30)28-10-14-9-24-12-25-20(14)11-28/h1-7,9,12H,8,10-11H2,(H,27,29). The molecule has 0 saturated carbocycles. The molecule has 7 nitrogen and oxygen atoms in total. The highest BCUT2D eigenvalue weighted by molar-refractivity contribution is 5.95. The number of hydrogen-bond acceptors (Lipinski definition) is 5. The highest BCUT2D eigenvalue weighted by atomic mass is 19.1. The fraction of sp³-hybridized carbons (Fsp3) is 0.136. The van der Waals surface area contributed by atoms with Crippen LogP contribution in [0.15, 0.2) is 59.8 Å². The van der Waals surface area contributed by atoms with Crippen molar-refractivity contribution >= 4 is 16.7 Å². The monoisotopic (exact) mass is 401 g/mol. The van der Waals surface area contributed by atoms with Crippen LogP contribution in [-0.4, -0.2) is 31.0 Å². The average molecular weight is 401 g/mol. The van der Waals surface area contributed by atoms with E-state index in [1.165, 1.54) is 12.4 Å². The Balaban J connectivity index is 1.46. The molecule has 4 aromatic rings. The summed E-state index contributed by atoms with van der Waals surface area (Å²) in [5.41, 5.74) is 2.76.